The molecule has 0 aromatic carbocycles. The van der Waals surface area contributed by atoms with E-state index in [0.717, 1.165) is 96.3 Å². The van der Waals surface area contributed by atoms with Crippen LogP contribution in [0.5, 0.6) is 0 Å². The molecule has 0 aromatic heterocycles. The predicted molar refractivity (Wildman–Crippen MR) is 307 cm³/mol. The lowest BCUT2D eigenvalue weighted by atomic mass is 10.1. The largest absolute Gasteiger partial charge is 0.472 e. The average molecular weight is 1060 g/mol. The number of rotatable bonds is 53. The first-order chi connectivity index (χ1) is 36.2. The first kappa shape index (κ1) is 70.4. The molecule has 424 valence electrons. The zero-order valence-electron chi connectivity index (χ0n) is 46.8. The van der Waals surface area contributed by atoms with Gasteiger partial charge in [0, 0.05) is 12.8 Å². The highest BCUT2D eigenvalue weighted by Crippen LogP contribution is 2.43. The topological polar surface area (TPSA) is 155 Å². The third kappa shape index (κ3) is 53.2. The van der Waals surface area contributed by atoms with E-state index >= 15 is 0 Å². The van der Waals surface area contributed by atoms with Gasteiger partial charge in [0.1, 0.15) is 12.7 Å². The van der Waals surface area contributed by atoms with Crippen LogP contribution in [0.2, 0.25) is 0 Å². The Morgan fingerprint density at radius 2 is 0.757 bits per heavy atom. The summed E-state index contributed by atoms with van der Waals surface area (Å²) in [6.45, 7) is 4.37. The number of aliphatic hydroxyl groups is 1. The zero-order valence-corrected chi connectivity index (χ0v) is 47.7. The third-order valence-corrected chi connectivity index (χ3v) is 12.9. The Bertz CT molecular complexity index is 1610. The van der Waals surface area contributed by atoms with Crippen molar-refractivity contribution in [2.45, 2.75) is 251 Å². The van der Waals surface area contributed by atoms with E-state index in [1.54, 1.807) is 6.08 Å². The Morgan fingerprint density at radius 1 is 0.405 bits per heavy atom. The molecule has 0 radical (unpaired) electrons. The van der Waals surface area contributed by atoms with Crippen molar-refractivity contribution in [3.05, 3.63) is 97.2 Å². The molecule has 0 fully saturated rings. The van der Waals surface area contributed by atoms with Crippen molar-refractivity contribution >= 4 is 25.7 Å². The lowest BCUT2D eigenvalue weighted by Crippen LogP contribution is -2.30. The molecule has 0 aromatic rings. The molecule has 0 bridgehead atoms. The second kappa shape index (κ2) is 55.6. The van der Waals surface area contributed by atoms with E-state index < -0.39 is 57.8 Å². The van der Waals surface area contributed by atoms with Crippen molar-refractivity contribution in [3.8, 4) is 0 Å². The Balaban J connectivity index is 4.83. The number of phosphoric ester groups is 1. The predicted octanol–water partition coefficient (Wildman–Crippen LogP) is 17.3. The van der Waals surface area contributed by atoms with Crippen molar-refractivity contribution in [1.82, 2.24) is 0 Å². The van der Waals surface area contributed by atoms with E-state index in [2.05, 4.69) is 93.7 Å². The van der Waals surface area contributed by atoms with Crippen molar-refractivity contribution in [3.63, 3.8) is 0 Å². The number of aliphatic hydroxyl groups excluding tert-OH is 1. The minimum atomic E-state index is -4.78. The molecule has 2 N–H and O–H groups in total. The fraction of sp³-hybridized carbons (Fsp3) is 0.694. The highest BCUT2D eigenvalue weighted by molar-refractivity contribution is 7.47. The summed E-state index contributed by atoms with van der Waals surface area (Å²) in [6.07, 6.45) is 65.4. The molecule has 0 rings (SSSR count). The second-order valence-electron chi connectivity index (χ2n) is 19.1. The van der Waals surface area contributed by atoms with Crippen LogP contribution in [0.4, 0.5) is 0 Å². The van der Waals surface area contributed by atoms with Gasteiger partial charge in [-0.3, -0.25) is 23.4 Å². The summed E-state index contributed by atoms with van der Waals surface area (Å²) in [6, 6.07) is 0. The Kier molecular flexibility index (Phi) is 52.9. The van der Waals surface area contributed by atoms with Gasteiger partial charge in [-0.25, -0.2) is 4.57 Å². The van der Waals surface area contributed by atoms with Gasteiger partial charge in [-0.05, 0) is 103 Å². The van der Waals surface area contributed by atoms with Crippen molar-refractivity contribution < 1.29 is 52.2 Å². The number of ether oxygens (including phenoxy) is 3. The average Bonchev–Trinajstić information content (AvgIpc) is 3.39. The van der Waals surface area contributed by atoms with Crippen molar-refractivity contribution in [1.29, 1.82) is 0 Å². The van der Waals surface area contributed by atoms with Gasteiger partial charge in [-0.15, -0.1) is 0 Å². The van der Waals surface area contributed by atoms with Gasteiger partial charge in [0.25, 0.3) is 0 Å². The molecule has 0 saturated heterocycles. The third-order valence-electron chi connectivity index (χ3n) is 12.0. The summed E-state index contributed by atoms with van der Waals surface area (Å²) in [4.78, 5) is 48.5. The van der Waals surface area contributed by atoms with Crippen LogP contribution in [0, 0.1) is 0 Å². The molecule has 0 spiro atoms. The molecule has 0 aliphatic carbocycles. The number of phosphoric acid groups is 1. The molecule has 0 aliphatic heterocycles. The van der Waals surface area contributed by atoms with Gasteiger partial charge in [-0.1, -0.05) is 214 Å². The van der Waals surface area contributed by atoms with E-state index in [0.29, 0.717) is 19.3 Å². The Hall–Kier alpha value is -3.60. The summed E-state index contributed by atoms with van der Waals surface area (Å²) in [5.41, 5.74) is 0. The van der Waals surface area contributed by atoms with E-state index in [4.69, 9.17) is 23.3 Å². The molecule has 12 heteroatoms. The minimum absolute atomic E-state index is 0.0695. The standard InChI is InChI=1S/C62H105O11P/c1-4-7-10-13-16-19-22-25-28-29-32-33-36-39-42-45-48-51-60(64)69-55-59(73-62(66)53-50-47-44-41-38-35-31-27-24-21-18-15-12-9-6-3)57-71-74(67,68)70-56-58(54-63)72-61(65)52-49-46-43-40-37-34-30-26-23-20-17-14-11-8-5-2/h9,12,17-18,20-21,25-28,30-31,38,41,47,50,58-59,63H,4-8,10-11,13-16,19,22-24,29,32-37,39-40,42-46,48-49,51-57H2,1-3H3,(H,67,68)/b12-9-,20-17-,21-18-,28-25-,30-26-,31-27-,41-38-,50-47-. The normalized spacial score (nSPS) is 14.1. The first-order valence-corrected chi connectivity index (χ1v) is 30.6. The van der Waals surface area contributed by atoms with E-state index in [1.807, 2.05) is 18.2 Å². The van der Waals surface area contributed by atoms with Gasteiger partial charge >= 0.3 is 25.7 Å². The molecule has 3 unspecified atom stereocenters. The maximum atomic E-state index is 12.9. The lowest BCUT2D eigenvalue weighted by molar-refractivity contribution is -0.160. The molecule has 3 atom stereocenters. The van der Waals surface area contributed by atoms with E-state index in [1.165, 1.54) is 83.5 Å². The van der Waals surface area contributed by atoms with E-state index in [9.17, 15) is 28.9 Å². The van der Waals surface area contributed by atoms with Crippen molar-refractivity contribution in [2.24, 2.45) is 0 Å². The quantitative estimate of drug-likeness (QED) is 0.0197. The second-order valence-corrected chi connectivity index (χ2v) is 20.5. The van der Waals surface area contributed by atoms with Gasteiger partial charge in [-0.2, -0.15) is 0 Å². The molecule has 0 saturated carbocycles. The Morgan fingerprint density at radius 3 is 1.23 bits per heavy atom. The van der Waals surface area contributed by atoms with Crippen LogP contribution in [0.25, 0.3) is 0 Å². The van der Waals surface area contributed by atoms with Crippen LogP contribution in [0.15, 0.2) is 97.2 Å². The number of esters is 3. The maximum Gasteiger partial charge on any atom is 0.472 e. The number of carbonyl (C=O) groups is 3. The molecule has 11 nitrogen and oxygen atoms in total. The summed E-state index contributed by atoms with van der Waals surface area (Å²) in [5, 5.41) is 9.81. The summed E-state index contributed by atoms with van der Waals surface area (Å²) < 4.78 is 39.4. The lowest BCUT2D eigenvalue weighted by Gasteiger charge is -2.21. The number of unbranched alkanes of at least 4 members (excludes halogenated alkanes) is 21. The van der Waals surface area contributed by atoms with Crippen LogP contribution < -0.4 is 0 Å². The molecule has 0 aliphatic rings. The van der Waals surface area contributed by atoms with Crippen LogP contribution in [-0.2, 0) is 42.2 Å². The van der Waals surface area contributed by atoms with Gasteiger partial charge < -0.3 is 24.2 Å². The fourth-order valence-electron chi connectivity index (χ4n) is 7.57. The number of hydrogen-bond acceptors (Lipinski definition) is 10. The number of hydrogen-bond donors (Lipinski definition) is 2. The summed E-state index contributed by atoms with van der Waals surface area (Å²) in [5.74, 6) is -1.64. The SMILES string of the molecule is CC/C=C\C/C=C\C/C=C\C/C=C\C/C=C\CC(=O)OC(COC(=O)CCCCCCCCC/C=C\CCCCCCCC)COP(=O)(O)OCC(CO)OC(=O)CCCCCCC/C=C\C/C=C\CCCCC. The minimum Gasteiger partial charge on any atom is -0.462 e. The number of carbonyl (C=O) groups excluding carboxylic acids is 3. The zero-order chi connectivity index (χ0) is 54.1. The number of allylic oxidation sites excluding steroid dienone is 15. The Labute approximate surface area is 451 Å². The highest BCUT2D eigenvalue weighted by atomic mass is 31.2. The van der Waals surface area contributed by atoms with Crippen LogP contribution in [0.1, 0.15) is 239 Å². The maximum absolute atomic E-state index is 12.9. The van der Waals surface area contributed by atoms with Crippen LogP contribution >= 0.6 is 7.82 Å². The molecule has 0 heterocycles. The summed E-state index contributed by atoms with van der Waals surface area (Å²) in [7, 11) is -4.78. The highest BCUT2D eigenvalue weighted by Gasteiger charge is 2.28. The molecular formula is C62H105O11P. The van der Waals surface area contributed by atoms with Gasteiger partial charge in [0.05, 0.1) is 26.2 Å². The van der Waals surface area contributed by atoms with E-state index in [-0.39, 0.29) is 25.9 Å². The van der Waals surface area contributed by atoms with Gasteiger partial charge in [0.15, 0.2) is 6.10 Å². The van der Waals surface area contributed by atoms with Crippen LogP contribution in [-0.4, -0.2) is 66.5 Å². The van der Waals surface area contributed by atoms with Crippen molar-refractivity contribution in [2.75, 3.05) is 26.4 Å². The molecular weight excluding hydrogens is 952 g/mol. The summed E-state index contributed by atoms with van der Waals surface area (Å²) >= 11 is 0. The van der Waals surface area contributed by atoms with Gasteiger partial charge in [0.2, 0.25) is 0 Å². The molecule has 74 heavy (non-hydrogen) atoms. The smallest absolute Gasteiger partial charge is 0.462 e. The van der Waals surface area contributed by atoms with Crippen LogP contribution in [0.3, 0.4) is 0 Å². The molecule has 0 amide bonds. The monoisotopic (exact) mass is 1060 g/mol. The first-order valence-electron chi connectivity index (χ1n) is 29.1. The fourth-order valence-corrected chi connectivity index (χ4v) is 8.36.